The van der Waals surface area contributed by atoms with Gasteiger partial charge in [-0.05, 0) is 5.56 Å². The zero-order valence-electron chi connectivity index (χ0n) is 12.6. The molecule has 0 spiro atoms. The van der Waals surface area contributed by atoms with Gasteiger partial charge in [-0.2, -0.15) is 0 Å². The van der Waals surface area contributed by atoms with Crippen molar-refractivity contribution in [1.29, 1.82) is 0 Å². The topological polar surface area (TPSA) is 87.0 Å². The predicted molar refractivity (Wildman–Crippen MR) is 95.7 cm³/mol. The molecule has 3 rings (SSSR count). The lowest BCUT2D eigenvalue weighted by atomic mass is 10.1. The second-order valence-electron chi connectivity index (χ2n) is 5.21. The maximum atomic E-state index is 11.0. The summed E-state index contributed by atoms with van der Waals surface area (Å²) in [4.78, 5) is 15.2. The molecule has 1 heterocycles. The Morgan fingerprint density at radius 3 is 2.79 bits per heavy atom. The van der Waals surface area contributed by atoms with E-state index in [0.717, 1.165) is 11.1 Å². The van der Waals surface area contributed by atoms with Crippen molar-refractivity contribution in [3.63, 3.8) is 0 Å². The second-order valence-corrected chi connectivity index (χ2v) is 5.65. The molecule has 0 saturated carbocycles. The fraction of sp³-hybridized carbons (Fsp3) is 0.0588. The quantitative estimate of drug-likeness (QED) is 0.439. The van der Waals surface area contributed by atoms with Crippen LogP contribution in [0.5, 0.6) is 0 Å². The third-order valence-corrected chi connectivity index (χ3v) is 3.87. The van der Waals surface area contributed by atoms with E-state index < -0.39 is 4.92 Å². The van der Waals surface area contributed by atoms with Gasteiger partial charge in [0.15, 0.2) is 0 Å². The molecule has 24 heavy (non-hydrogen) atoms. The van der Waals surface area contributed by atoms with Crippen LogP contribution in [0.1, 0.15) is 11.1 Å². The number of aromatic nitrogens is 2. The van der Waals surface area contributed by atoms with E-state index in [1.807, 2.05) is 35.0 Å². The van der Waals surface area contributed by atoms with Gasteiger partial charge in [-0.1, -0.05) is 48.6 Å². The summed E-state index contributed by atoms with van der Waals surface area (Å²) in [7, 11) is 0. The van der Waals surface area contributed by atoms with E-state index in [4.69, 9.17) is 18.0 Å². The van der Waals surface area contributed by atoms with Crippen LogP contribution in [-0.4, -0.2) is 19.5 Å². The molecule has 1 aromatic heterocycles. The maximum Gasteiger partial charge on any atom is 0.270 e. The lowest BCUT2D eigenvalue weighted by molar-refractivity contribution is -0.384. The van der Waals surface area contributed by atoms with Crippen molar-refractivity contribution in [1.82, 2.24) is 9.55 Å². The molecular formula is C17H14N4O2S. The lowest BCUT2D eigenvalue weighted by Crippen LogP contribution is -2.14. The first-order chi connectivity index (χ1) is 11.6. The molecule has 3 aromatic rings. The van der Waals surface area contributed by atoms with Crippen LogP contribution in [-0.2, 0) is 6.54 Å². The number of imidazole rings is 1. The molecule has 2 aromatic carbocycles. The monoisotopic (exact) mass is 338 g/mol. The van der Waals surface area contributed by atoms with Crippen molar-refractivity contribution in [2.75, 3.05) is 0 Å². The van der Waals surface area contributed by atoms with Gasteiger partial charge < -0.3 is 10.3 Å². The van der Waals surface area contributed by atoms with Crippen LogP contribution in [0.15, 0.2) is 60.9 Å². The van der Waals surface area contributed by atoms with Gasteiger partial charge in [0.05, 0.1) is 4.92 Å². The fourth-order valence-corrected chi connectivity index (χ4v) is 2.74. The number of nitro groups is 1. The number of thiocarbonyl (C=S) groups is 1. The largest absolute Gasteiger partial charge is 0.389 e. The normalized spacial score (nSPS) is 10.5. The standard InChI is InChI=1S/C17H14N4O2S/c18-16(24)15-7-2-1-4-13(15)11-20-9-8-19-17(20)12-5-3-6-14(10-12)21(22)23/h1-10H,11H2,(H2,18,24). The van der Waals surface area contributed by atoms with Crippen LogP contribution in [0.4, 0.5) is 5.69 Å². The lowest BCUT2D eigenvalue weighted by Gasteiger charge is -2.11. The van der Waals surface area contributed by atoms with E-state index >= 15 is 0 Å². The third-order valence-electron chi connectivity index (χ3n) is 3.65. The Morgan fingerprint density at radius 1 is 1.25 bits per heavy atom. The predicted octanol–water partition coefficient (Wildman–Crippen LogP) is 3.14. The summed E-state index contributed by atoms with van der Waals surface area (Å²) in [5.41, 5.74) is 8.27. The van der Waals surface area contributed by atoms with Crippen LogP contribution < -0.4 is 5.73 Å². The Kier molecular flexibility index (Phi) is 4.35. The molecule has 0 atom stereocenters. The first-order valence-electron chi connectivity index (χ1n) is 7.20. The Morgan fingerprint density at radius 2 is 2.04 bits per heavy atom. The van der Waals surface area contributed by atoms with E-state index in [0.29, 0.717) is 22.9 Å². The molecule has 0 amide bonds. The molecule has 6 nitrogen and oxygen atoms in total. The minimum absolute atomic E-state index is 0.0330. The molecule has 0 unspecified atom stereocenters. The summed E-state index contributed by atoms with van der Waals surface area (Å²) in [6, 6.07) is 14.0. The molecule has 0 bridgehead atoms. The molecule has 0 aliphatic rings. The Hall–Kier alpha value is -3.06. The van der Waals surface area contributed by atoms with Gasteiger partial charge in [-0.15, -0.1) is 0 Å². The molecule has 0 fully saturated rings. The van der Waals surface area contributed by atoms with Gasteiger partial charge in [-0.3, -0.25) is 10.1 Å². The van der Waals surface area contributed by atoms with Gasteiger partial charge in [0.25, 0.3) is 5.69 Å². The first-order valence-corrected chi connectivity index (χ1v) is 7.61. The smallest absolute Gasteiger partial charge is 0.270 e. The molecule has 0 saturated heterocycles. The third kappa shape index (κ3) is 3.16. The number of nitrogens with zero attached hydrogens (tertiary/aromatic N) is 3. The van der Waals surface area contributed by atoms with Crippen molar-refractivity contribution >= 4 is 22.9 Å². The van der Waals surface area contributed by atoms with Gasteiger partial charge >= 0.3 is 0 Å². The highest BCUT2D eigenvalue weighted by atomic mass is 32.1. The second kappa shape index (κ2) is 6.59. The van der Waals surface area contributed by atoms with Gasteiger partial charge in [0, 0.05) is 42.2 Å². The number of rotatable bonds is 5. The van der Waals surface area contributed by atoms with Crippen molar-refractivity contribution in [2.45, 2.75) is 6.54 Å². The van der Waals surface area contributed by atoms with E-state index in [2.05, 4.69) is 4.98 Å². The molecule has 0 aliphatic carbocycles. The van der Waals surface area contributed by atoms with E-state index in [1.165, 1.54) is 12.1 Å². The number of hydrogen-bond donors (Lipinski definition) is 1. The Balaban J connectivity index is 1.99. The van der Waals surface area contributed by atoms with Crippen molar-refractivity contribution in [2.24, 2.45) is 5.73 Å². The van der Waals surface area contributed by atoms with Crippen molar-refractivity contribution in [3.05, 3.63) is 82.2 Å². The van der Waals surface area contributed by atoms with Crippen molar-refractivity contribution < 1.29 is 4.92 Å². The Bertz CT molecular complexity index is 920. The number of non-ortho nitro benzene ring substituents is 1. The maximum absolute atomic E-state index is 11.0. The highest BCUT2D eigenvalue weighted by Crippen LogP contribution is 2.23. The van der Waals surface area contributed by atoms with Crippen molar-refractivity contribution in [3.8, 4) is 11.4 Å². The summed E-state index contributed by atoms with van der Waals surface area (Å²) < 4.78 is 1.91. The Labute approximate surface area is 143 Å². The number of hydrogen-bond acceptors (Lipinski definition) is 4. The average molecular weight is 338 g/mol. The van der Waals surface area contributed by atoms with E-state index in [9.17, 15) is 10.1 Å². The first kappa shape index (κ1) is 15.8. The summed E-state index contributed by atoms with van der Waals surface area (Å²) >= 11 is 5.10. The van der Waals surface area contributed by atoms with Crippen LogP contribution in [0.3, 0.4) is 0 Å². The van der Waals surface area contributed by atoms with Crippen LogP contribution in [0, 0.1) is 10.1 Å². The summed E-state index contributed by atoms with van der Waals surface area (Å²) in [5, 5.41) is 11.0. The molecule has 0 aliphatic heterocycles. The van der Waals surface area contributed by atoms with Crippen LogP contribution >= 0.6 is 12.2 Å². The minimum Gasteiger partial charge on any atom is -0.389 e. The highest BCUT2D eigenvalue weighted by Gasteiger charge is 2.13. The molecule has 2 N–H and O–H groups in total. The summed E-state index contributed by atoms with van der Waals surface area (Å²) in [5.74, 6) is 0.649. The van der Waals surface area contributed by atoms with Crippen LogP contribution in [0.25, 0.3) is 11.4 Å². The van der Waals surface area contributed by atoms with Gasteiger partial charge in [0.1, 0.15) is 10.8 Å². The fourth-order valence-electron chi connectivity index (χ4n) is 2.54. The van der Waals surface area contributed by atoms with Gasteiger partial charge in [0.2, 0.25) is 0 Å². The highest BCUT2D eigenvalue weighted by molar-refractivity contribution is 7.80. The van der Waals surface area contributed by atoms with Crippen LogP contribution in [0.2, 0.25) is 0 Å². The SMILES string of the molecule is NC(=S)c1ccccc1Cn1ccnc1-c1cccc([N+](=O)[O-])c1. The van der Waals surface area contributed by atoms with Gasteiger partial charge in [-0.25, -0.2) is 4.98 Å². The number of nitro benzene ring substituents is 1. The summed E-state index contributed by atoms with van der Waals surface area (Å²) in [6.07, 6.45) is 3.49. The number of nitrogens with two attached hydrogens (primary N) is 1. The molecule has 7 heteroatoms. The van der Waals surface area contributed by atoms with E-state index in [-0.39, 0.29) is 5.69 Å². The number of benzene rings is 2. The average Bonchev–Trinajstić information content (AvgIpc) is 3.03. The minimum atomic E-state index is -0.418. The molecule has 120 valence electrons. The molecular weight excluding hydrogens is 324 g/mol. The molecule has 0 radical (unpaired) electrons. The zero-order valence-corrected chi connectivity index (χ0v) is 13.4. The summed E-state index contributed by atoms with van der Waals surface area (Å²) in [6.45, 7) is 0.519. The van der Waals surface area contributed by atoms with E-state index in [1.54, 1.807) is 18.3 Å². The zero-order chi connectivity index (χ0) is 17.1.